The molecule has 0 aliphatic rings. The second kappa shape index (κ2) is 6.52. The zero-order valence-corrected chi connectivity index (χ0v) is 13.6. The number of nitrogens with zero attached hydrogens (tertiary/aromatic N) is 1. The summed E-state index contributed by atoms with van der Waals surface area (Å²) in [5.74, 6) is -1.52. The van der Waals surface area contributed by atoms with Gasteiger partial charge in [0.05, 0.1) is 15.9 Å². The van der Waals surface area contributed by atoms with Crippen LogP contribution in [-0.2, 0) is 9.84 Å². The Labute approximate surface area is 137 Å². The van der Waals surface area contributed by atoms with Crippen LogP contribution in [0.1, 0.15) is 18.5 Å². The first kappa shape index (κ1) is 17.8. The number of hydrogen-bond donors (Lipinski definition) is 1. The number of nitrogens with one attached hydrogen (secondary N) is 1. The van der Waals surface area contributed by atoms with E-state index in [9.17, 15) is 27.3 Å². The molecule has 0 aliphatic heterocycles. The van der Waals surface area contributed by atoms with E-state index in [0.717, 1.165) is 18.4 Å². The van der Waals surface area contributed by atoms with Crippen molar-refractivity contribution in [2.24, 2.45) is 0 Å². The lowest BCUT2D eigenvalue weighted by molar-refractivity contribution is -0.384. The molecule has 0 radical (unpaired) electrons. The van der Waals surface area contributed by atoms with Crippen molar-refractivity contribution in [3.8, 4) is 0 Å². The van der Waals surface area contributed by atoms with Gasteiger partial charge in [0, 0.05) is 24.0 Å². The average Bonchev–Trinajstić information content (AvgIpc) is 2.45. The van der Waals surface area contributed by atoms with Crippen LogP contribution in [0.3, 0.4) is 0 Å². The van der Waals surface area contributed by atoms with E-state index in [1.165, 1.54) is 18.2 Å². The molecular formula is C15H14F2N2O4S. The van der Waals surface area contributed by atoms with Crippen LogP contribution in [0.4, 0.5) is 20.2 Å². The van der Waals surface area contributed by atoms with Crippen LogP contribution in [0.25, 0.3) is 0 Å². The first-order chi connectivity index (χ1) is 11.1. The molecule has 0 spiro atoms. The van der Waals surface area contributed by atoms with E-state index >= 15 is 0 Å². The quantitative estimate of drug-likeness (QED) is 0.655. The second-order valence-electron chi connectivity index (χ2n) is 5.24. The Morgan fingerprint density at radius 2 is 1.83 bits per heavy atom. The molecule has 0 fully saturated rings. The Bertz CT molecular complexity index is 900. The molecule has 0 amide bonds. The summed E-state index contributed by atoms with van der Waals surface area (Å²) in [6.07, 6.45) is 0.940. The molecule has 0 aromatic heterocycles. The molecule has 24 heavy (non-hydrogen) atoms. The van der Waals surface area contributed by atoms with E-state index in [-0.39, 0.29) is 16.1 Å². The summed E-state index contributed by atoms with van der Waals surface area (Å²) in [6, 6.07) is 5.73. The van der Waals surface area contributed by atoms with Crippen LogP contribution < -0.4 is 5.32 Å². The summed E-state index contributed by atoms with van der Waals surface area (Å²) < 4.78 is 49.8. The predicted molar refractivity (Wildman–Crippen MR) is 84.6 cm³/mol. The number of hydrogen-bond acceptors (Lipinski definition) is 5. The zero-order valence-electron chi connectivity index (χ0n) is 12.8. The third-order valence-electron chi connectivity index (χ3n) is 3.40. The molecule has 9 heteroatoms. The van der Waals surface area contributed by atoms with Crippen LogP contribution in [0.2, 0.25) is 0 Å². The maximum atomic E-state index is 13.8. The number of nitro groups is 1. The van der Waals surface area contributed by atoms with Gasteiger partial charge in [0.15, 0.2) is 9.84 Å². The molecule has 2 rings (SSSR count). The van der Waals surface area contributed by atoms with E-state index in [1.54, 1.807) is 6.92 Å². The Hall–Kier alpha value is -2.55. The first-order valence-electron chi connectivity index (χ1n) is 6.79. The summed E-state index contributed by atoms with van der Waals surface area (Å²) in [7, 11) is -3.60. The molecule has 0 unspecified atom stereocenters. The lowest BCUT2D eigenvalue weighted by Gasteiger charge is -2.16. The highest BCUT2D eigenvalue weighted by atomic mass is 32.2. The van der Waals surface area contributed by atoms with Gasteiger partial charge in [-0.2, -0.15) is 0 Å². The predicted octanol–water partition coefficient (Wildman–Crippen LogP) is 3.45. The molecule has 1 N–H and O–H groups in total. The molecule has 1 atom stereocenters. The highest BCUT2D eigenvalue weighted by molar-refractivity contribution is 7.90. The van der Waals surface area contributed by atoms with Gasteiger partial charge in [0.2, 0.25) is 0 Å². The third kappa shape index (κ3) is 3.85. The van der Waals surface area contributed by atoms with Crippen molar-refractivity contribution < 1.29 is 22.1 Å². The summed E-state index contributed by atoms with van der Waals surface area (Å²) in [4.78, 5) is 10.3. The van der Waals surface area contributed by atoms with E-state index in [2.05, 4.69) is 5.32 Å². The summed E-state index contributed by atoms with van der Waals surface area (Å²) in [6.45, 7) is 1.55. The van der Waals surface area contributed by atoms with Crippen molar-refractivity contribution in [2.75, 3.05) is 11.6 Å². The monoisotopic (exact) mass is 356 g/mol. The fourth-order valence-electron chi connectivity index (χ4n) is 2.18. The number of benzene rings is 2. The number of sulfone groups is 1. The lowest BCUT2D eigenvalue weighted by atomic mass is 10.1. The fourth-order valence-corrected chi connectivity index (χ4v) is 2.82. The molecule has 0 saturated heterocycles. The maximum absolute atomic E-state index is 13.8. The Balaban J connectivity index is 2.40. The summed E-state index contributed by atoms with van der Waals surface area (Å²) >= 11 is 0. The summed E-state index contributed by atoms with van der Waals surface area (Å²) in [5.41, 5.74) is -0.297. The second-order valence-corrected chi connectivity index (χ2v) is 7.26. The lowest BCUT2D eigenvalue weighted by Crippen LogP contribution is -2.11. The Kier molecular flexibility index (Phi) is 4.83. The standard InChI is InChI=1S/C15H14F2N2O4S/c1-9(12-5-3-10(16)7-13(12)17)18-14-6-4-11(24(2,22)23)8-15(14)19(20)21/h3-9,18H,1-2H3/t9-/m1/s1. The maximum Gasteiger partial charge on any atom is 0.293 e. The topological polar surface area (TPSA) is 89.3 Å². The molecular weight excluding hydrogens is 342 g/mol. The minimum absolute atomic E-state index is 0.0311. The highest BCUT2D eigenvalue weighted by Gasteiger charge is 2.21. The van der Waals surface area contributed by atoms with Gasteiger partial charge in [-0.25, -0.2) is 17.2 Å². The van der Waals surface area contributed by atoms with Crippen molar-refractivity contribution in [3.05, 3.63) is 63.7 Å². The first-order valence-corrected chi connectivity index (χ1v) is 8.68. The largest absolute Gasteiger partial charge is 0.373 e. The van der Waals surface area contributed by atoms with Gasteiger partial charge in [-0.15, -0.1) is 0 Å². The van der Waals surface area contributed by atoms with Crippen molar-refractivity contribution in [1.29, 1.82) is 0 Å². The molecule has 0 aliphatic carbocycles. The van der Waals surface area contributed by atoms with Gasteiger partial charge in [-0.1, -0.05) is 6.07 Å². The van der Waals surface area contributed by atoms with E-state index in [1.807, 2.05) is 0 Å². The van der Waals surface area contributed by atoms with Crippen LogP contribution in [-0.4, -0.2) is 19.6 Å². The van der Waals surface area contributed by atoms with Crippen LogP contribution in [0.5, 0.6) is 0 Å². The molecule has 0 bridgehead atoms. The molecule has 6 nitrogen and oxygen atoms in total. The SMILES string of the molecule is C[C@@H](Nc1ccc(S(C)(=O)=O)cc1[N+](=O)[O-])c1ccc(F)cc1F. The van der Waals surface area contributed by atoms with Crippen LogP contribution in [0, 0.1) is 21.7 Å². The number of nitro benzene ring substituents is 1. The van der Waals surface area contributed by atoms with E-state index in [0.29, 0.717) is 6.07 Å². The van der Waals surface area contributed by atoms with Gasteiger partial charge < -0.3 is 5.32 Å². The van der Waals surface area contributed by atoms with Crippen LogP contribution >= 0.6 is 0 Å². The van der Waals surface area contributed by atoms with E-state index < -0.39 is 38.1 Å². The van der Waals surface area contributed by atoms with E-state index in [4.69, 9.17) is 0 Å². The van der Waals surface area contributed by atoms with Gasteiger partial charge >= 0.3 is 0 Å². The number of halogens is 2. The van der Waals surface area contributed by atoms with Gasteiger partial charge in [-0.3, -0.25) is 10.1 Å². The smallest absolute Gasteiger partial charge is 0.293 e. The van der Waals surface area contributed by atoms with Crippen molar-refractivity contribution >= 4 is 21.2 Å². The third-order valence-corrected chi connectivity index (χ3v) is 4.51. The fraction of sp³-hybridized carbons (Fsp3) is 0.200. The minimum atomic E-state index is -3.60. The van der Waals surface area contributed by atoms with Crippen molar-refractivity contribution in [1.82, 2.24) is 0 Å². The average molecular weight is 356 g/mol. The van der Waals surface area contributed by atoms with Crippen LogP contribution in [0.15, 0.2) is 41.3 Å². The molecule has 0 heterocycles. The van der Waals surface area contributed by atoms with Crippen molar-refractivity contribution in [2.45, 2.75) is 17.9 Å². The molecule has 128 valence electrons. The number of rotatable bonds is 5. The molecule has 2 aromatic rings. The molecule has 0 saturated carbocycles. The highest BCUT2D eigenvalue weighted by Crippen LogP contribution is 2.31. The molecule has 2 aromatic carbocycles. The normalized spacial score (nSPS) is 12.7. The summed E-state index contributed by atoms with van der Waals surface area (Å²) in [5, 5.41) is 13.9. The Morgan fingerprint density at radius 1 is 1.17 bits per heavy atom. The Morgan fingerprint density at radius 3 is 2.38 bits per heavy atom. The van der Waals surface area contributed by atoms with Crippen molar-refractivity contribution in [3.63, 3.8) is 0 Å². The zero-order chi connectivity index (χ0) is 18.1. The van der Waals surface area contributed by atoms with Gasteiger partial charge in [-0.05, 0) is 25.1 Å². The number of anilines is 1. The van der Waals surface area contributed by atoms with Gasteiger partial charge in [0.25, 0.3) is 5.69 Å². The minimum Gasteiger partial charge on any atom is -0.373 e. The van der Waals surface area contributed by atoms with Gasteiger partial charge in [0.1, 0.15) is 17.3 Å².